The lowest BCUT2D eigenvalue weighted by Crippen LogP contribution is -2.46. The maximum atomic E-state index is 14.9. The van der Waals surface area contributed by atoms with Gasteiger partial charge >= 0.3 is 6.18 Å². The quantitative estimate of drug-likeness (QED) is 0.350. The van der Waals surface area contributed by atoms with Crippen molar-refractivity contribution in [3.8, 4) is 5.69 Å². The Hall–Kier alpha value is -3.69. The van der Waals surface area contributed by atoms with Crippen molar-refractivity contribution >= 4 is 22.4 Å². The number of rotatable bonds is 3. The highest BCUT2D eigenvalue weighted by molar-refractivity contribution is 5.85. The molecular weight excluding hydrogens is 465 g/mol. The van der Waals surface area contributed by atoms with Gasteiger partial charge in [0, 0.05) is 42.8 Å². The van der Waals surface area contributed by atoms with Crippen molar-refractivity contribution in [2.45, 2.75) is 20.0 Å². The average molecular weight is 487 g/mol. The number of aryl methyl sites for hydroxylation is 1. The molecule has 1 fully saturated rings. The highest BCUT2D eigenvalue weighted by atomic mass is 19.4. The monoisotopic (exact) mass is 487 g/mol. The molecule has 182 valence electrons. The predicted octanol–water partition coefficient (Wildman–Crippen LogP) is 5.66. The summed E-state index contributed by atoms with van der Waals surface area (Å²) in [6.07, 6.45) is -3.50. The fourth-order valence-corrected chi connectivity index (χ4v) is 4.46. The SMILES string of the molecule is Cc1c(F)c(-n2nc(C)c3cc(N4CCN(c5ccccc5)CC4)ncc32)cc(C(F)(F)F)c1F. The van der Waals surface area contributed by atoms with Crippen molar-refractivity contribution in [2.75, 3.05) is 36.0 Å². The number of alkyl halides is 3. The van der Waals surface area contributed by atoms with Gasteiger partial charge in [-0.05, 0) is 38.1 Å². The van der Waals surface area contributed by atoms with Crippen LogP contribution >= 0.6 is 0 Å². The molecule has 0 amide bonds. The number of hydrogen-bond acceptors (Lipinski definition) is 4. The number of pyridine rings is 1. The second-order valence-electron chi connectivity index (χ2n) is 8.56. The molecule has 10 heteroatoms. The lowest BCUT2D eigenvalue weighted by atomic mass is 10.1. The van der Waals surface area contributed by atoms with Gasteiger partial charge in [-0.25, -0.2) is 18.4 Å². The number of nitrogens with zero attached hydrogens (tertiary/aromatic N) is 5. The average Bonchev–Trinajstić information content (AvgIpc) is 3.18. The number of benzene rings is 2. The Balaban J connectivity index is 1.48. The molecule has 2 aromatic carbocycles. The molecule has 5 nitrogen and oxygen atoms in total. The van der Waals surface area contributed by atoms with Crippen molar-refractivity contribution in [2.24, 2.45) is 0 Å². The zero-order chi connectivity index (χ0) is 24.9. The Bertz CT molecular complexity index is 1390. The number of piperazine rings is 1. The maximum absolute atomic E-state index is 14.9. The largest absolute Gasteiger partial charge is 0.419 e. The summed E-state index contributed by atoms with van der Waals surface area (Å²) in [5.74, 6) is -2.01. The van der Waals surface area contributed by atoms with Crippen LogP contribution in [0.4, 0.5) is 33.5 Å². The van der Waals surface area contributed by atoms with Crippen LogP contribution in [0.3, 0.4) is 0 Å². The highest BCUT2D eigenvalue weighted by Crippen LogP contribution is 2.36. The van der Waals surface area contributed by atoms with E-state index < -0.39 is 34.6 Å². The first-order valence-electron chi connectivity index (χ1n) is 11.1. The van der Waals surface area contributed by atoms with E-state index in [4.69, 9.17) is 0 Å². The fourth-order valence-electron chi connectivity index (χ4n) is 4.46. The molecule has 4 aromatic rings. The first-order valence-corrected chi connectivity index (χ1v) is 11.1. The lowest BCUT2D eigenvalue weighted by molar-refractivity contribution is -0.140. The summed E-state index contributed by atoms with van der Waals surface area (Å²) in [6, 6.07) is 12.4. The summed E-state index contributed by atoms with van der Waals surface area (Å²) >= 11 is 0. The van der Waals surface area contributed by atoms with Gasteiger partial charge in [0.05, 0.1) is 23.0 Å². The zero-order valence-corrected chi connectivity index (χ0v) is 19.1. The molecule has 1 aliphatic heterocycles. The van der Waals surface area contributed by atoms with Crippen molar-refractivity contribution in [3.63, 3.8) is 0 Å². The second kappa shape index (κ2) is 8.51. The topological polar surface area (TPSA) is 37.2 Å². The molecule has 1 aliphatic rings. The number of halogens is 5. The Morgan fingerprint density at radius 3 is 2.17 bits per heavy atom. The zero-order valence-electron chi connectivity index (χ0n) is 19.1. The van der Waals surface area contributed by atoms with Gasteiger partial charge in [-0.1, -0.05) is 18.2 Å². The van der Waals surface area contributed by atoms with Gasteiger partial charge in [-0.2, -0.15) is 18.3 Å². The van der Waals surface area contributed by atoms with Crippen LogP contribution in [0.1, 0.15) is 16.8 Å². The molecule has 0 saturated carbocycles. The van der Waals surface area contributed by atoms with E-state index in [0.29, 0.717) is 28.5 Å². The van der Waals surface area contributed by atoms with E-state index in [2.05, 4.69) is 32.0 Å². The number of aromatic nitrogens is 3. The first kappa shape index (κ1) is 23.1. The van der Waals surface area contributed by atoms with Crippen LogP contribution in [0.5, 0.6) is 0 Å². The molecule has 0 radical (unpaired) electrons. The van der Waals surface area contributed by atoms with Gasteiger partial charge in [0.15, 0.2) is 5.82 Å². The molecule has 0 aliphatic carbocycles. The van der Waals surface area contributed by atoms with E-state index in [9.17, 15) is 22.0 Å². The summed E-state index contributed by atoms with van der Waals surface area (Å²) in [6.45, 7) is 5.76. The standard InChI is InChI=1S/C25H22F5N5/c1-15-23(26)19(25(28,29)30)13-20(24(15)27)35-21-14-31-22(12-18(21)16(2)32-35)34-10-8-33(9-11-34)17-6-4-3-5-7-17/h3-7,12-14H,8-11H2,1-2H3. The molecule has 0 unspecified atom stereocenters. The maximum Gasteiger partial charge on any atom is 0.419 e. The molecule has 2 aromatic heterocycles. The molecule has 35 heavy (non-hydrogen) atoms. The summed E-state index contributed by atoms with van der Waals surface area (Å²) in [5, 5.41) is 4.91. The lowest BCUT2D eigenvalue weighted by Gasteiger charge is -2.36. The van der Waals surface area contributed by atoms with Gasteiger partial charge in [0.25, 0.3) is 0 Å². The van der Waals surface area contributed by atoms with Crippen molar-refractivity contribution in [1.29, 1.82) is 0 Å². The van der Waals surface area contributed by atoms with Gasteiger partial charge in [-0.3, -0.25) is 0 Å². The van der Waals surface area contributed by atoms with E-state index >= 15 is 0 Å². The predicted molar refractivity (Wildman–Crippen MR) is 124 cm³/mol. The number of para-hydroxylation sites is 1. The molecule has 1 saturated heterocycles. The van der Waals surface area contributed by atoms with E-state index in [0.717, 1.165) is 43.5 Å². The molecule has 5 rings (SSSR count). The van der Waals surface area contributed by atoms with Gasteiger partial charge in [-0.15, -0.1) is 0 Å². The highest BCUT2D eigenvalue weighted by Gasteiger charge is 2.37. The smallest absolute Gasteiger partial charge is 0.368 e. The first-order chi connectivity index (χ1) is 16.6. The van der Waals surface area contributed by atoms with Crippen LogP contribution < -0.4 is 9.80 Å². The Kier molecular flexibility index (Phi) is 5.61. The Labute approximate surface area is 198 Å². The van der Waals surface area contributed by atoms with Crippen molar-refractivity contribution in [1.82, 2.24) is 14.8 Å². The summed E-state index contributed by atoms with van der Waals surface area (Å²) in [7, 11) is 0. The van der Waals surface area contributed by atoms with Crippen LogP contribution in [0, 0.1) is 25.5 Å². The molecule has 3 heterocycles. The van der Waals surface area contributed by atoms with Gasteiger partial charge in [0.1, 0.15) is 17.3 Å². The summed E-state index contributed by atoms with van der Waals surface area (Å²) in [4.78, 5) is 8.91. The second-order valence-corrected chi connectivity index (χ2v) is 8.56. The fraction of sp³-hybridized carbons (Fsp3) is 0.280. The normalized spacial score (nSPS) is 14.7. The Morgan fingerprint density at radius 2 is 1.51 bits per heavy atom. The van der Waals surface area contributed by atoms with Gasteiger partial charge in [0.2, 0.25) is 0 Å². The molecule has 0 N–H and O–H groups in total. The minimum absolute atomic E-state index is 0.340. The molecule has 0 bridgehead atoms. The van der Waals surface area contributed by atoms with E-state index in [-0.39, 0.29) is 0 Å². The third-order valence-electron chi connectivity index (χ3n) is 6.40. The van der Waals surface area contributed by atoms with Crippen molar-refractivity contribution < 1.29 is 22.0 Å². The summed E-state index contributed by atoms with van der Waals surface area (Å²) < 4.78 is 70.2. The minimum Gasteiger partial charge on any atom is -0.368 e. The van der Waals surface area contributed by atoms with E-state index in [1.807, 2.05) is 24.3 Å². The third kappa shape index (κ3) is 4.06. The third-order valence-corrected chi connectivity index (χ3v) is 6.40. The Morgan fingerprint density at radius 1 is 0.857 bits per heavy atom. The number of fused-ring (bicyclic) bond motifs is 1. The van der Waals surface area contributed by atoms with Crippen molar-refractivity contribution in [3.05, 3.63) is 77.1 Å². The van der Waals surface area contributed by atoms with E-state index in [1.165, 1.54) is 6.20 Å². The number of anilines is 2. The molecular formula is C25H22F5N5. The van der Waals surface area contributed by atoms with Crippen LogP contribution in [0.2, 0.25) is 0 Å². The van der Waals surface area contributed by atoms with Crippen LogP contribution in [-0.4, -0.2) is 40.9 Å². The van der Waals surface area contributed by atoms with Crippen LogP contribution in [0.25, 0.3) is 16.6 Å². The summed E-state index contributed by atoms with van der Waals surface area (Å²) in [5.41, 5.74) is -0.720. The van der Waals surface area contributed by atoms with E-state index in [1.54, 1.807) is 6.92 Å². The van der Waals surface area contributed by atoms with Gasteiger partial charge < -0.3 is 9.80 Å². The molecule has 0 spiro atoms. The molecule has 0 atom stereocenters. The van der Waals surface area contributed by atoms with Crippen LogP contribution in [0.15, 0.2) is 48.7 Å². The number of hydrogen-bond donors (Lipinski definition) is 0. The minimum atomic E-state index is -4.97. The van der Waals surface area contributed by atoms with Crippen LogP contribution in [-0.2, 0) is 6.18 Å².